The van der Waals surface area contributed by atoms with Crippen LogP contribution in [0.2, 0.25) is 0 Å². The van der Waals surface area contributed by atoms with Crippen molar-refractivity contribution in [2.45, 2.75) is 33.1 Å². The van der Waals surface area contributed by atoms with E-state index in [1.807, 2.05) is 0 Å². The smallest absolute Gasteiger partial charge is 0.352 e. The van der Waals surface area contributed by atoms with Crippen molar-refractivity contribution >= 4 is 13.6 Å². The Balaban J connectivity index is 3.04. The van der Waals surface area contributed by atoms with Gasteiger partial charge in [-0.3, -0.25) is 9.88 Å². The van der Waals surface area contributed by atoms with Gasteiger partial charge in [-0.05, 0) is 38.5 Å². The van der Waals surface area contributed by atoms with Crippen LogP contribution in [0.4, 0.5) is 4.39 Å². The van der Waals surface area contributed by atoms with Gasteiger partial charge < -0.3 is 13.8 Å². The van der Waals surface area contributed by atoms with Crippen LogP contribution in [0.25, 0.3) is 0 Å². The van der Waals surface area contributed by atoms with Gasteiger partial charge in [0.2, 0.25) is 0 Å². The molecule has 25 heavy (non-hydrogen) atoms. The number of carbonyl (C=O) groups is 1. The summed E-state index contributed by atoms with van der Waals surface area (Å²) < 4.78 is 41.7. The van der Waals surface area contributed by atoms with Crippen molar-refractivity contribution in [2.75, 3.05) is 19.8 Å². The lowest BCUT2D eigenvalue weighted by molar-refractivity contribution is -0.138. The fraction of sp³-hybridized carbons (Fsp3) is 0.471. The molecule has 6 nitrogen and oxygen atoms in total. The van der Waals surface area contributed by atoms with Crippen LogP contribution in [0.5, 0.6) is 0 Å². The summed E-state index contributed by atoms with van der Waals surface area (Å²) in [6.45, 7) is 9.38. The van der Waals surface area contributed by atoms with Gasteiger partial charge in [-0.25, -0.2) is 9.18 Å². The van der Waals surface area contributed by atoms with Crippen LogP contribution < -0.4 is 5.32 Å². The zero-order chi connectivity index (χ0) is 18.9. The van der Waals surface area contributed by atoms with E-state index in [-0.39, 0.29) is 37.8 Å². The van der Waals surface area contributed by atoms with E-state index in [4.69, 9.17) is 13.8 Å². The molecule has 0 aliphatic heterocycles. The summed E-state index contributed by atoms with van der Waals surface area (Å²) in [6.07, 6.45) is 0. The normalized spacial score (nSPS) is 12.6. The Morgan fingerprint density at radius 1 is 1.16 bits per heavy atom. The van der Waals surface area contributed by atoms with Crippen molar-refractivity contribution in [3.8, 4) is 0 Å². The Morgan fingerprint density at radius 3 is 2.20 bits per heavy atom. The molecule has 1 rings (SSSR count). The van der Waals surface area contributed by atoms with E-state index >= 15 is 0 Å². The first-order valence-corrected chi connectivity index (χ1v) is 9.71. The topological polar surface area (TPSA) is 73.9 Å². The molecule has 140 valence electrons. The Bertz CT molecular complexity index is 610. The third-order valence-corrected chi connectivity index (χ3v) is 5.58. The highest BCUT2D eigenvalue weighted by Gasteiger charge is 2.40. The first-order valence-electron chi connectivity index (χ1n) is 8.10. The maximum absolute atomic E-state index is 13.1. The largest absolute Gasteiger partial charge is 0.463 e. The van der Waals surface area contributed by atoms with Gasteiger partial charge in [0.25, 0.3) is 0 Å². The van der Waals surface area contributed by atoms with Crippen molar-refractivity contribution in [1.82, 2.24) is 5.32 Å². The lowest BCUT2D eigenvalue weighted by Crippen LogP contribution is -2.35. The van der Waals surface area contributed by atoms with E-state index in [2.05, 4.69) is 11.9 Å². The quantitative estimate of drug-likeness (QED) is 0.363. The lowest BCUT2D eigenvalue weighted by Gasteiger charge is -2.27. The first-order chi connectivity index (χ1) is 11.9. The molecule has 0 heterocycles. The SMILES string of the molecule is C=C(C(=O)OCC)C(NCc1ccc(F)cc1)P(=O)(OCC)OCC. The molecule has 0 aliphatic rings. The molecule has 0 spiro atoms. The van der Waals surface area contributed by atoms with Crippen molar-refractivity contribution in [3.63, 3.8) is 0 Å². The maximum Gasteiger partial charge on any atom is 0.352 e. The van der Waals surface area contributed by atoms with Gasteiger partial charge in [0.1, 0.15) is 11.6 Å². The van der Waals surface area contributed by atoms with Crippen molar-refractivity contribution in [1.29, 1.82) is 0 Å². The van der Waals surface area contributed by atoms with Gasteiger partial charge in [-0.15, -0.1) is 0 Å². The fourth-order valence-electron chi connectivity index (χ4n) is 2.12. The molecule has 8 heteroatoms. The van der Waals surface area contributed by atoms with Crippen LogP contribution in [-0.4, -0.2) is 31.6 Å². The number of ether oxygens (including phenoxy) is 1. The van der Waals surface area contributed by atoms with Crippen molar-refractivity contribution in [2.24, 2.45) is 0 Å². The summed E-state index contributed by atoms with van der Waals surface area (Å²) in [5.74, 6) is -2.11. The maximum atomic E-state index is 13.1. The molecule has 1 N–H and O–H groups in total. The van der Waals surface area contributed by atoms with Gasteiger partial charge in [0.15, 0.2) is 0 Å². The number of esters is 1. The number of hydrogen-bond acceptors (Lipinski definition) is 6. The fourth-order valence-corrected chi connectivity index (χ4v) is 4.02. The number of nitrogens with one attached hydrogen (secondary N) is 1. The van der Waals surface area contributed by atoms with E-state index in [0.717, 1.165) is 5.56 Å². The average Bonchev–Trinajstić information content (AvgIpc) is 2.57. The van der Waals surface area contributed by atoms with Gasteiger partial charge in [-0.1, -0.05) is 18.7 Å². The number of hydrogen-bond donors (Lipinski definition) is 1. The van der Waals surface area contributed by atoms with Crippen molar-refractivity contribution in [3.05, 3.63) is 47.8 Å². The molecule has 0 fully saturated rings. The van der Waals surface area contributed by atoms with E-state index < -0.39 is 19.3 Å². The number of rotatable bonds is 11. The highest BCUT2D eigenvalue weighted by Crippen LogP contribution is 2.54. The van der Waals surface area contributed by atoms with Gasteiger partial charge >= 0.3 is 13.6 Å². The van der Waals surface area contributed by atoms with Crippen LogP contribution >= 0.6 is 7.60 Å². The number of benzene rings is 1. The van der Waals surface area contributed by atoms with E-state index in [9.17, 15) is 13.8 Å². The summed E-state index contributed by atoms with van der Waals surface area (Å²) in [6, 6.07) is 5.80. The molecule has 0 saturated heterocycles. The summed E-state index contributed by atoms with van der Waals surface area (Å²) in [4.78, 5) is 12.1. The van der Waals surface area contributed by atoms with E-state index in [1.165, 1.54) is 12.1 Å². The molecule has 0 amide bonds. The molecular weight excluding hydrogens is 348 g/mol. The minimum Gasteiger partial charge on any atom is -0.463 e. The lowest BCUT2D eigenvalue weighted by atomic mass is 10.2. The summed E-state index contributed by atoms with van der Waals surface area (Å²) >= 11 is 0. The van der Waals surface area contributed by atoms with E-state index in [1.54, 1.807) is 32.9 Å². The molecule has 1 aromatic carbocycles. The summed E-state index contributed by atoms with van der Waals surface area (Å²) in [5, 5.41) is 2.97. The predicted octanol–water partition coefficient (Wildman–Crippen LogP) is 3.63. The standard InChI is InChI=1S/C17H25FNO5P/c1-5-22-17(20)13(4)16(25(21,23-6-2)24-7-3)19-12-14-8-10-15(18)11-9-14/h8-11,16,19H,4-7,12H2,1-3H3. The van der Waals surface area contributed by atoms with Crippen molar-refractivity contribution < 1.29 is 27.5 Å². The highest BCUT2D eigenvalue weighted by atomic mass is 31.2. The molecular formula is C17H25FNO5P. The minimum atomic E-state index is -3.70. The average molecular weight is 373 g/mol. The zero-order valence-electron chi connectivity index (χ0n) is 14.8. The second kappa shape index (κ2) is 10.5. The molecule has 0 saturated carbocycles. The third-order valence-electron chi connectivity index (χ3n) is 3.21. The van der Waals surface area contributed by atoms with Gasteiger partial charge in [-0.2, -0.15) is 0 Å². The second-order valence-corrected chi connectivity index (χ2v) is 7.14. The van der Waals surface area contributed by atoms with Gasteiger partial charge in [0, 0.05) is 6.54 Å². The number of carbonyl (C=O) groups excluding carboxylic acids is 1. The monoisotopic (exact) mass is 373 g/mol. The second-order valence-electron chi connectivity index (χ2n) is 5.03. The Kier molecular flexibility index (Phi) is 9.00. The first kappa shape index (κ1) is 21.5. The van der Waals surface area contributed by atoms with Crippen LogP contribution in [0.15, 0.2) is 36.4 Å². The molecule has 1 atom stereocenters. The Hall–Kier alpha value is -1.53. The third kappa shape index (κ3) is 6.36. The highest BCUT2D eigenvalue weighted by molar-refractivity contribution is 7.55. The van der Waals surface area contributed by atoms with Crippen LogP contribution in [0.1, 0.15) is 26.3 Å². The molecule has 0 bridgehead atoms. The molecule has 1 aromatic rings. The summed E-state index contributed by atoms with van der Waals surface area (Å²) in [7, 11) is -3.70. The van der Waals surface area contributed by atoms with Gasteiger partial charge in [0.05, 0.1) is 25.4 Å². The van der Waals surface area contributed by atoms with E-state index in [0.29, 0.717) is 0 Å². The molecule has 0 aliphatic carbocycles. The number of halogens is 1. The zero-order valence-corrected chi connectivity index (χ0v) is 15.7. The Morgan fingerprint density at radius 2 is 1.72 bits per heavy atom. The summed E-state index contributed by atoms with van der Waals surface area (Å²) in [5.41, 5.74) is 0.691. The Labute approximate surface area is 147 Å². The minimum absolute atomic E-state index is 0.0470. The molecule has 0 aromatic heterocycles. The van der Waals surface area contributed by atoms with Crippen LogP contribution in [-0.2, 0) is 29.7 Å². The molecule has 0 radical (unpaired) electrons. The van der Waals surface area contributed by atoms with Crippen LogP contribution in [0, 0.1) is 5.82 Å². The van der Waals surface area contributed by atoms with Crippen LogP contribution in [0.3, 0.4) is 0 Å². The predicted molar refractivity (Wildman–Crippen MR) is 93.7 cm³/mol. The molecule has 1 unspecified atom stereocenters.